The lowest BCUT2D eigenvalue weighted by atomic mass is 9.45. The van der Waals surface area contributed by atoms with Crippen molar-refractivity contribution >= 4 is 11.6 Å². The second-order valence-corrected chi connectivity index (χ2v) is 9.68. The van der Waals surface area contributed by atoms with Crippen molar-refractivity contribution in [3.05, 3.63) is 11.6 Å². The van der Waals surface area contributed by atoms with Crippen molar-refractivity contribution < 1.29 is 30.0 Å². The molecule has 4 aliphatic rings. The number of allylic oxidation sites excluding steroid dienone is 1. The van der Waals surface area contributed by atoms with E-state index in [-0.39, 0.29) is 35.4 Å². The van der Waals surface area contributed by atoms with Crippen LogP contribution in [0.4, 0.5) is 0 Å². The largest absolute Gasteiger partial charge is 0.393 e. The van der Waals surface area contributed by atoms with Crippen molar-refractivity contribution in [2.24, 2.45) is 28.6 Å². The van der Waals surface area contributed by atoms with Crippen LogP contribution in [0, 0.1) is 28.6 Å². The Hall–Kier alpha value is -1.08. The molecule has 0 radical (unpaired) electrons. The number of Topliss-reactive ketones (excluding diaryl/α,β-unsaturated/α-hetero) is 1. The summed E-state index contributed by atoms with van der Waals surface area (Å²) in [6.07, 6.45) is 3.01. The van der Waals surface area contributed by atoms with Crippen molar-refractivity contribution in [1.29, 1.82) is 0 Å². The third-order valence-electron chi connectivity index (χ3n) is 8.69. The van der Waals surface area contributed by atoms with E-state index in [4.69, 9.17) is 0 Å². The number of hydrogen-bond donors (Lipinski definition) is 4. The fourth-order valence-corrected chi connectivity index (χ4v) is 7.32. The van der Waals surface area contributed by atoms with Gasteiger partial charge in [-0.25, -0.2) is 0 Å². The van der Waals surface area contributed by atoms with Gasteiger partial charge in [0.25, 0.3) is 0 Å². The number of fused-ring (bicyclic) bond motifs is 5. The Bertz CT molecular complexity index is 715. The van der Waals surface area contributed by atoms with Crippen LogP contribution in [0.2, 0.25) is 0 Å². The molecular formula is C21H30O6. The van der Waals surface area contributed by atoms with Gasteiger partial charge in [0.1, 0.15) is 6.61 Å². The number of hydrogen-bond acceptors (Lipinski definition) is 6. The van der Waals surface area contributed by atoms with Gasteiger partial charge < -0.3 is 20.4 Å². The summed E-state index contributed by atoms with van der Waals surface area (Å²) in [5.74, 6) is -0.726. The third-order valence-corrected chi connectivity index (χ3v) is 8.69. The quantitative estimate of drug-likeness (QED) is 0.564. The Morgan fingerprint density at radius 1 is 1.26 bits per heavy atom. The maximum Gasteiger partial charge on any atom is 0.192 e. The summed E-state index contributed by atoms with van der Waals surface area (Å²) >= 11 is 0. The Morgan fingerprint density at radius 3 is 2.63 bits per heavy atom. The number of ketones is 2. The molecule has 150 valence electrons. The Labute approximate surface area is 159 Å². The molecule has 0 amide bonds. The van der Waals surface area contributed by atoms with Crippen molar-refractivity contribution in [2.75, 3.05) is 6.61 Å². The molecule has 6 nitrogen and oxygen atoms in total. The van der Waals surface area contributed by atoms with E-state index in [1.54, 1.807) is 13.0 Å². The second kappa shape index (κ2) is 5.96. The number of rotatable bonds is 2. The highest BCUT2D eigenvalue weighted by Gasteiger charge is 2.71. The molecule has 0 aromatic heterocycles. The summed E-state index contributed by atoms with van der Waals surface area (Å²) in [7, 11) is 0. The molecule has 4 N–H and O–H groups in total. The molecule has 3 saturated carbocycles. The molecule has 4 aliphatic carbocycles. The van der Waals surface area contributed by atoms with Gasteiger partial charge in [0.15, 0.2) is 17.2 Å². The zero-order valence-electron chi connectivity index (χ0n) is 16.0. The summed E-state index contributed by atoms with van der Waals surface area (Å²) < 4.78 is 0. The normalized spacial score (nSPS) is 51.9. The molecule has 0 aromatic rings. The van der Waals surface area contributed by atoms with E-state index < -0.39 is 35.6 Å². The van der Waals surface area contributed by atoms with Gasteiger partial charge in [0.2, 0.25) is 0 Å². The van der Waals surface area contributed by atoms with Crippen LogP contribution in [0.5, 0.6) is 0 Å². The Balaban J connectivity index is 1.77. The predicted octanol–water partition coefficient (Wildman–Crippen LogP) is 0.752. The zero-order valence-corrected chi connectivity index (χ0v) is 16.0. The molecule has 3 fully saturated rings. The highest BCUT2D eigenvalue weighted by Crippen LogP contribution is 2.67. The Morgan fingerprint density at radius 2 is 1.96 bits per heavy atom. The zero-order chi connectivity index (χ0) is 19.8. The van der Waals surface area contributed by atoms with Gasteiger partial charge in [-0.1, -0.05) is 19.4 Å². The van der Waals surface area contributed by atoms with E-state index in [0.717, 1.165) is 18.4 Å². The van der Waals surface area contributed by atoms with E-state index in [1.165, 1.54) is 0 Å². The lowest BCUT2D eigenvalue weighted by Crippen LogP contribution is -2.64. The van der Waals surface area contributed by atoms with Crippen LogP contribution in [0.3, 0.4) is 0 Å². The summed E-state index contributed by atoms with van der Waals surface area (Å²) in [5, 5.41) is 42.4. The smallest absolute Gasteiger partial charge is 0.192 e. The van der Waals surface area contributed by atoms with Gasteiger partial charge in [-0.05, 0) is 61.3 Å². The molecule has 0 heterocycles. The number of carbonyl (C=O) groups is 2. The minimum Gasteiger partial charge on any atom is -0.393 e. The lowest BCUT2D eigenvalue weighted by molar-refractivity contribution is -0.193. The van der Waals surface area contributed by atoms with Crippen LogP contribution in [0.25, 0.3) is 0 Å². The van der Waals surface area contributed by atoms with Crippen LogP contribution >= 0.6 is 0 Å². The highest BCUT2D eigenvalue weighted by atomic mass is 16.4. The minimum atomic E-state index is -2.03. The van der Waals surface area contributed by atoms with Gasteiger partial charge in [0, 0.05) is 11.8 Å². The Kier molecular flexibility index (Phi) is 4.25. The fourth-order valence-electron chi connectivity index (χ4n) is 7.32. The molecule has 0 aromatic carbocycles. The van der Waals surface area contributed by atoms with Crippen LogP contribution < -0.4 is 0 Å². The SMILES string of the molecule is C[C@]12CCC(=O)C=C1CC[C@@H]1[C@@H]2[C@H](O)C[C@@]2(C)[C@H]1C[C@@H](O)[C@]2(O)C(=O)CO. The number of aliphatic hydroxyl groups is 4. The maximum atomic E-state index is 12.4. The molecule has 8 atom stereocenters. The molecule has 27 heavy (non-hydrogen) atoms. The van der Waals surface area contributed by atoms with E-state index in [2.05, 4.69) is 6.92 Å². The molecule has 6 heteroatoms. The van der Waals surface area contributed by atoms with Gasteiger partial charge in [-0.2, -0.15) is 0 Å². The van der Waals surface area contributed by atoms with Crippen molar-refractivity contribution in [1.82, 2.24) is 0 Å². The average molecular weight is 378 g/mol. The van der Waals surface area contributed by atoms with Gasteiger partial charge in [0.05, 0.1) is 12.2 Å². The first kappa shape index (κ1) is 19.2. The summed E-state index contributed by atoms with van der Waals surface area (Å²) in [4.78, 5) is 24.3. The molecule has 0 aliphatic heterocycles. The maximum absolute atomic E-state index is 12.4. The van der Waals surface area contributed by atoms with Crippen LogP contribution in [-0.2, 0) is 9.59 Å². The van der Waals surface area contributed by atoms with E-state index in [0.29, 0.717) is 19.3 Å². The standard InChI is InChI=1S/C21H30O6/c1-19-6-5-12(23)7-11(19)3-4-13-14-8-16(25)21(27,17(26)10-22)20(14,2)9-15(24)18(13)19/h7,13-16,18,22,24-25,27H,3-6,8-10H2,1-2H3/t13-,14-,15+,16+,18+,19-,20-,21-/m0/s1. The van der Waals surface area contributed by atoms with Crippen LogP contribution in [0.1, 0.15) is 52.4 Å². The van der Waals surface area contributed by atoms with Gasteiger partial charge in [-0.15, -0.1) is 0 Å². The third kappa shape index (κ3) is 2.27. The predicted molar refractivity (Wildman–Crippen MR) is 96.5 cm³/mol. The van der Waals surface area contributed by atoms with Crippen molar-refractivity contribution in [2.45, 2.75) is 70.2 Å². The lowest BCUT2D eigenvalue weighted by Gasteiger charge is -2.60. The number of aliphatic hydroxyl groups excluding tert-OH is 3. The number of carbonyl (C=O) groups excluding carboxylic acids is 2. The first-order chi connectivity index (χ1) is 12.6. The first-order valence-corrected chi connectivity index (χ1v) is 10.1. The molecule has 4 rings (SSSR count). The summed E-state index contributed by atoms with van der Waals surface area (Å²) in [5.41, 5.74) is -2.15. The second-order valence-electron chi connectivity index (χ2n) is 9.68. The summed E-state index contributed by atoms with van der Waals surface area (Å²) in [6.45, 7) is 3.08. The van der Waals surface area contributed by atoms with Crippen LogP contribution in [0.15, 0.2) is 11.6 Å². The van der Waals surface area contributed by atoms with Crippen LogP contribution in [-0.4, -0.2) is 56.4 Å². The monoisotopic (exact) mass is 378 g/mol. The average Bonchev–Trinajstić information content (AvgIpc) is 2.82. The molecule has 0 bridgehead atoms. The topological polar surface area (TPSA) is 115 Å². The fraction of sp³-hybridized carbons (Fsp3) is 0.810. The first-order valence-electron chi connectivity index (χ1n) is 10.1. The minimum absolute atomic E-state index is 0.0533. The van der Waals surface area contributed by atoms with Crippen molar-refractivity contribution in [3.8, 4) is 0 Å². The summed E-state index contributed by atoms with van der Waals surface area (Å²) in [6, 6.07) is 0. The molecule has 0 spiro atoms. The van der Waals surface area contributed by atoms with E-state index >= 15 is 0 Å². The van der Waals surface area contributed by atoms with Gasteiger partial charge >= 0.3 is 0 Å². The van der Waals surface area contributed by atoms with Crippen molar-refractivity contribution in [3.63, 3.8) is 0 Å². The molecule has 0 unspecified atom stereocenters. The van der Waals surface area contributed by atoms with E-state index in [9.17, 15) is 30.0 Å². The highest BCUT2D eigenvalue weighted by molar-refractivity contribution is 5.92. The van der Waals surface area contributed by atoms with E-state index in [1.807, 2.05) is 0 Å². The molecule has 0 saturated heterocycles. The molecular weight excluding hydrogens is 348 g/mol. The van der Waals surface area contributed by atoms with Gasteiger partial charge in [-0.3, -0.25) is 9.59 Å².